The Morgan fingerprint density at radius 1 is 1.26 bits per heavy atom. The van der Waals surface area contributed by atoms with Crippen molar-refractivity contribution in [2.45, 2.75) is 38.3 Å². The minimum Gasteiger partial charge on any atom is -0.345 e. The summed E-state index contributed by atoms with van der Waals surface area (Å²) < 4.78 is 1.87. The van der Waals surface area contributed by atoms with Gasteiger partial charge in [0.15, 0.2) is 6.29 Å². The SMILES string of the molecule is CN1C(=O)[C@@H]2CCCN2C2=C1C=NC(NCc1cnn(Cc3ccc(Cl)c(Cl)c3)c1)N2. The second-order valence-corrected chi connectivity index (χ2v) is 8.80. The number of nitrogens with one attached hydrogen (secondary N) is 2. The minimum absolute atomic E-state index is 0.0667. The van der Waals surface area contributed by atoms with Crippen LogP contribution in [0.25, 0.3) is 0 Å². The topological polar surface area (TPSA) is 77.8 Å². The van der Waals surface area contributed by atoms with E-state index in [1.165, 1.54) is 0 Å². The molecule has 2 atom stereocenters. The molecular formula is C21H23Cl2N7O. The molecule has 8 nitrogen and oxygen atoms in total. The smallest absolute Gasteiger partial charge is 0.249 e. The Hall–Kier alpha value is -2.55. The van der Waals surface area contributed by atoms with Crippen LogP contribution in [0, 0.1) is 0 Å². The maximum Gasteiger partial charge on any atom is 0.249 e. The highest BCUT2D eigenvalue weighted by Gasteiger charge is 2.42. The molecule has 0 radical (unpaired) electrons. The van der Waals surface area contributed by atoms with Crippen molar-refractivity contribution in [3.63, 3.8) is 0 Å². The van der Waals surface area contributed by atoms with Crippen molar-refractivity contribution < 1.29 is 4.79 Å². The lowest BCUT2D eigenvalue weighted by atomic mass is 10.1. The number of allylic oxidation sites excluding steroid dienone is 1. The van der Waals surface area contributed by atoms with Crippen molar-refractivity contribution in [3.8, 4) is 0 Å². The van der Waals surface area contributed by atoms with Gasteiger partial charge in [-0.2, -0.15) is 5.10 Å². The van der Waals surface area contributed by atoms with E-state index in [9.17, 15) is 4.79 Å². The van der Waals surface area contributed by atoms with E-state index in [-0.39, 0.29) is 18.2 Å². The molecule has 0 aliphatic carbocycles. The summed E-state index contributed by atoms with van der Waals surface area (Å²) in [6, 6.07) is 5.52. The van der Waals surface area contributed by atoms with E-state index in [0.717, 1.165) is 42.0 Å². The summed E-state index contributed by atoms with van der Waals surface area (Å²) in [5.41, 5.74) is 2.91. The molecule has 3 aliphatic heterocycles. The average Bonchev–Trinajstić information content (AvgIpc) is 3.43. The summed E-state index contributed by atoms with van der Waals surface area (Å²) in [6.07, 6.45) is 7.27. The molecule has 0 spiro atoms. The Bertz CT molecular complexity index is 1080. The number of amides is 1. The van der Waals surface area contributed by atoms with Gasteiger partial charge >= 0.3 is 0 Å². The molecule has 0 bridgehead atoms. The molecule has 3 aliphatic rings. The Balaban J connectivity index is 1.21. The van der Waals surface area contributed by atoms with Crippen LogP contribution in [-0.4, -0.2) is 57.6 Å². The van der Waals surface area contributed by atoms with E-state index in [1.54, 1.807) is 17.2 Å². The van der Waals surface area contributed by atoms with Gasteiger partial charge in [-0.15, -0.1) is 0 Å². The molecule has 1 fully saturated rings. The zero-order valence-corrected chi connectivity index (χ0v) is 18.6. The van der Waals surface area contributed by atoms with Gasteiger partial charge in [-0.05, 0) is 30.5 Å². The van der Waals surface area contributed by atoms with Crippen LogP contribution in [-0.2, 0) is 17.9 Å². The molecule has 162 valence electrons. The fraction of sp³-hybridized carbons (Fsp3) is 0.381. The maximum absolute atomic E-state index is 12.5. The number of halogens is 2. The van der Waals surface area contributed by atoms with Crippen molar-refractivity contribution in [1.29, 1.82) is 0 Å². The number of hydrogen-bond acceptors (Lipinski definition) is 6. The van der Waals surface area contributed by atoms with Crippen molar-refractivity contribution in [1.82, 2.24) is 30.2 Å². The van der Waals surface area contributed by atoms with Crippen molar-refractivity contribution >= 4 is 35.3 Å². The van der Waals surface area contributed by atoms with Gasteiger partial charge in [0.25, 0.3) is 0 Å². The number of rotatable bonds is 5. The van der Waals surface area contributed by atoms with E-state index in [2.05, 4.69) is 25.6 Å². The molecule has 1 saturated heterocycles. The van der Waals surface area contributed by atoms with Crippen molar-refractivity contribution in [2.24, 2.45) is 4.99 Å². The first-order valence-electron chi connectivity index (χ1n) is 10.3. The first-order chi connectivity index (χ1) is 15.0. The molecule has 0 saturated carbocycles. The summed E-state index contributed by atoms with van der Waals surface area (Å²) in [7, 11) is 1.82. The van der Waals surface area contributed by atoms with Crippen LogP contribution in [0.2, 0.25) is 10.0 Å². The number of hydrogen-bond donors (Lipinski definition) is 2. The minimum atomic E-state index is -0.264. The van der Waals surface area contributed by atoms with Crippen LogP contribution >= 0.6 is 23.2 Å². The first kappa shape index (κ1) is 20.4. The molecule has 1 aromatic heterocycles. The third-order valence-corrected chi connectivity index (χ3v) is 6.63. The first-order valence-corrected chi connectivity index (χ1v) is 11.0. The van der Waals surface area contributed by atoms with Gasteiger partial charge in [0.05, 0.1) is 29.0 Å². The standard InChI is InChI=1S/C21H23Cl2N7O/c1-28-18-10-25-21(27-19(18)30-6-2-3-17(30)20(28)31)24-8-14-9-26-29(12-14)11-13-4-5-15(22)16(23)7-13/h4-5,7,9-10,12,17,21,24,27H,2-3,6,8,11H2,1H3/t17-,21?/m0/s1. The number of carbonyl (C=O) groups excluding carboxylic acids is 1. The van der Waals surface area contributed by atoms with Crippen LogP contribution in [0.5, 0.6) is 0 Å². The summed E-state index contributed by atoms with van der Waals surface area (Å²) >= 11 is 12.1. The molecule has 2 N–H and O–H groups in total. The molecule has 1 amide bonds. The monoisotopic (exact) mass is 459 g/mol. The van der Waals surface area contributed by atoms with E-state index in [0.29, 0.717) is 23.1 Å². The van der Waals surface area contributed by atoms with Gasteiger partial charge in [0, 0.05) is 31.9 Å². The maximum atomic E-state index is 12.5. The predicted molar refractivity (Wildman–Crippen MR) is 120 cm³/mol. The molecular weight excluding hydrogens is 437 g/mol. The second-order valence-electron chi connectivity index (χ2n) is 7.98. The van der Waals surface area contributed by atoms with Gasteiger partial charge in [-0.25, -0.2) is 0 Å². The van der Waals surface area contributed by atoms with Gasteiger partial charge in [0.1, 0.15) is 17.6 Å². The number of nitrogens with zero attached hydrogens (tertiary/aromatic N) is 5. The molecule has 1 aromatic carbocycles. The predicted octanol–water partition coefficient (Wildman–Crippen LogP) is 2.39. The Kier molecular flexibility index (Phi) is 5.37. The van der Waals surface area contributed by atoms with Crippen LogP contribution < -0.4 is 10.6 Å². The van der Waals surface area contributed by atoms with Crippen LogP contribution in [0.15, 0.2) is 47.1 Å². The summed E-state index contributed by atoms with van der Waals surface area (Å²) in [6.45, 7) is 2.11. The van der Waals surface area contributed by atoms with Gasteiger partial charge in [-0.3, -0.25) is 19.8 Å². The third-order valence-electron chi connectivity index (χ3n) is 5.89. The fourth-order valence-electron chi connectivity index (χ4n) is 4.28. The van der Waals surface area contributed by atoms with Crippen molar-refractivity contribution in [3.05, 3.63) is 63.3 Å². The normalized spacial score (nSPS) is 22.6. The third kappa shape index (κ3) is 3.91. The molecule has 31 heavy (non-hydrogen) atoms. The average molecular weight is 460 g/mol. The largest absolute Gasteiger partial charge is 0.345 e. The van der Waals surface area contributed by atoms with Gasteiger partial charge in [-0.1, -0.05) is 29.3 Å². The molecule has 4 heterocycles. The number of aliphatic imine (C=N–C) groups is 1. The lowest BCUT2D eigenvalue weighted by Gasteiger charge is -2.41. The molecule has 2 aromatic rings. The lowest BCUT2D eigenvalue weighted by Crippen LogP contribution is -2.56. The van der Waals surface area contributed by atoms with E-state index >= 15 is 0 Å². The van der Waals surface area contributed by atoms with Gasteiger partial charge < -0.3 is 15.1 Å². The lowest BCUT2D eigenvalue weighted by molar-refractivity contribution is -0.133. The van der Waals surface area contributed by atoms with Crippen LogP contribution in [0.4, 0.5) is 0 Å². The number of likely N-dealkylation sites (N-methyl/N-ethyl adjacent to an activating group) is 1. The fourth-order valence-corrected chi connectivity index (χ4v) is 4.60. The highest BCUT2D eigenvalue weighted by atomic mass is 35.5. The van der Waals surface area contributed by atoms with E-state index < -0.39 is 0 Å². The van der Waals surface area contributed by atoms with Crippen molar-refractivity contribution in [2.75, 3.05) is 13.6 Å². The zero-order valence-electron chi connectivity index (χ0n) is 17.1. The number of benzene rings is 1. The number of carbonyl (C=O) groups is 1. The van der Waals surface area contributed by atoms with Gasteiger partial charge in [0.2, 0.25) is 5.91 Å². The molecule has 10 heteroatoms. The summed E-state index contributed by atoms with van der Waals surface area (Å²) in [4.78, 5) is 21.0. The Morgan fingerprint density at radius 2 is 2.13 bits per heavy atom. The summed E-state index contributed by atoms with van der Waals surface area (Å²) in [5, 5.41) is 12.4. The van der Waals surface area contributed by atoms with E-state index in [4.69, 9.17) is 23.2 Å². The Morgan fingerprint density at radius 3 is 2.97 bits per heavy atom. The Labute approximate surface area is 190 Å². The van der Waals surface area contributed by atoms with Crippen LogP contribution in [0.3, 0.4) is 0 Å². The highest BCUT2D eigenvalue weighted by Crippen LogP contribution is 2.31. The zero-order chi connectivity index (χ0) is 21.5. The molecule has 5 rings (SSSR count). The number of aromatic nitrogens is 2. The summed E-state index contributed by atoms with van der Waals surface area (Å²) in [5.74, 6) is 1.12. The highest BCUT2D eigenvalue weighted by molar-refractivity contribution is 6.42. The number of fused-ring (bicyclic) bond motifs is 2. The second kappa shape index (κ2) is 8.18. The molecule has 1 unspecified atom stereocenters. The van der Waals surface area contributed by atoms with Crippen LogP contribution in [0.1, 0.15) is 24.0 Å². The quantitative estimate of drug-likeness (QED) is 0.717. The van der Waals surface area contributed by atoms with E-state index in [1.807, 2.05) is 36.3 Å².